The van der Waals surface area contributed by atoms with E-state index in [1.165, 1.54) is 5.56 Å². The summed E-state index contributed by atoms with van der Waals surface area (Å²) in [6.45, 7) is 2.10. The molecule has 29 heavy (non-hydrogen) atoms. The summed E-state index contributed by atoms with van der Waals surface area (Å²) in [6.07, 6.45) is 1.63. The first-order valence-electron chi connectivity index (χ1n) is 9.29. The van der Waals surface area contributed by atoms with Crippen molar-refractivity contribution < 1.29 is 0 Å². The van der Waals surface area contributed by atoms with Gasteiger partial charge >= 0.3 is 0 Å². The summed E-state index contributed by atoms with van der Waals surface area (Å²) in [7, 11) is 0. The van der Waals surface area contributed by atoms with Crippen molar-refractivity contribution in [3.8, 4) is 0 Å². The smallest absolute Gasteiger partial charge is 0.131 e. The summed E-state index contributed by atoms with van der Waals surface area (Å²) < 4.78 is 0. The molecule has 4 aromatic rings. The molecule has 0 aliphatic carbocycles. The minimum atomic E-state index is 0.832. The third-order valence-corrected chi connectivity index (χ3v) is 6.68. The second-order valence-corrected chi connectivity index (χ2v) is 8.77. The van der Waals surface area contributed by atoms with E-state index < -0.39 is 0 Å². The molecule has 0 saturated heterocycles. The van der Waals surface area contributed by atoms with E-state index in [-0.39, 0.29) is 0 Å². The Labute approximate surface area is 178 Å². The summed E-state index contributed by atoms with van der Waals surface area (Å²) in [5.41, 5.74) is 5.23. The van der Waals surface area contributed by atoms with Crippen LogP contribution in [0.15, 0.2) is 110 Å². The van der Waals surface area contributed by atoms with Gasteiger partial charge in [0.1, 0.15) is 22.1 Å². The SMILES string of the molecule is Cc1ccc(C2=Nc3c(Sc4ccccc4)ncnc3Sc3ccccc32)cc1. The Morgan fingerprint density at radius 1 is 0.793 bits per heavy atom. The Balaban J connectivity index is 1.70. The van der Waals surface area contributed by atoms with Gasteiger partial charge in [-0.3, -0.25) is 0 Å². The van der Waals surface area contributed by atoms with Gasteiger partial charge in [0.15, 0.2) is 0 Å². The molecule has 0 unspecified atom stereocenters. The van der Waals surface area contributed by atoms with Crippen molar-refractivity contribution in [3.63, 3.8) is 0 Å². The van der Waals surface area contributed by atoms with E-state index in [0.29, 0.717) is 0 Å². The minimum absolute atomic E-state index is 0.832. The molecule has 1 aliphatic rings. The summed E-state index contributed by atoms with van der Waals surface area (Å²) in [5.74, 6) is 0. The van der Waals surface area contributed by atoms with E-state index >= 15 is 0 Å². The standard InChI is InChI=1S/C24H17N3S2/c1-16-11-13-17(14-12-16)21-19-9-5-6-10-20(19)29-24-22(27-21)23(25-15-26-24)28-18-7-3-2-4-8-18/h2-15H,1H3. The molecule has 0 bridgehead atoms. The summed E-state index contributed by atoms with van der Waals surface area (Å²) >= 11 is 3.27. The lowest BCUT2D eigenvalue weighted by molar-refractivity contribution is 0.961. The molecule has 0 atom stereocenters. The Bertz CT molecular complexity index is 1200. The van der Waals surface area contributed by atoms with Gasteiger partial charge in [-0.05, 0) is 25.1 Å². The average Bonchev–Trinajstić information content (AvgIpc) is 2.93. The molecular formula is C24H17N3S2. The van der Waals surface area contributed by atoms with Crippen LogP contribution >= 0.6 is 23.5 Å². The molecule has 2 heterocycles. The first-order chi connectivity index (χ1) is 14.3. The molecule has 0 fully saturated rings. The number of aliphatic imine (C=N–C) groups is 1. The molecular weight excluding hydrogens is 394 g/mol. The number of aromatic nitrogens is 2. The van der Waals surface area contributed by atoms with Crippen molar-refractivity contribution in [1.29, 1.82) is 0 Å². The van der Waals surface area contributed by atoms with Crippen molar-refractivity contribution in [1.82, 2.24) is 9.97 Å². The second-order valence-electron chi connectivity index (χ2n) is 6.67. The lowest BCUT2D eigenvalue weighted by Gasteiger charge is -2.09. The zero-order valence-corrected chi connectivity index (χ0v) is 17.4. The number of fused-ring (bicyclic) bond motifs is 2. The first kappa shape index (κ1) is 18.2. The molecule has 0 saturated carbocycles. The highest BCUT2D eigenvalue weighted by Crippen LogP contribution is 2.44. The monoisotopic (exact) mass is 411 g/mol. The number of hydrogen-bond donors (Lipinski definition) is 0. The molecule has 0 spiro atoms. The van der Waals surface area contributed by atoms with Crippen molar-refractivity contribution in [2.24, 2.45) is 4.99 Å². The third-order valence-electron chi connectivity index (χ3n) is 4.61. The van der Waals surface area contributed by atoms with E-state index in [0.717, 1.165) is 42.4 Å². The molecule has 140 valence electrons. The number of hydrogen-bond acceptors (Lipinski definition) is 5. The van der Waals surface area contributed by atoms with Gasteiger partial charge in [0.2, 0.25) is 0 Å². The number of nitrogens with zero attached hydrogens (tertiary/aromatic N) is 3. The van der Waals surface area contributed by atoms with E-state index in [1.807, 2.05) is 18.2 Å². The van der Waals surface area contributed by atoms with Gasteiger partial charge in [-0.1, -0.05) is 89.8 Å². The normalized spacial score (nSPS) is 12.5. The summed E-state index contributed by atoms with van der Waals surface area (Å²) in [4.78, 5) is 16.5. The minimum Gasteiger partial charge on any atom is -0.242 e. The predicted molar refractivity (Wildman–Crippen MR) is 120 cm³/mol. The van der Waals surface area contributed by atoms with Crippen LogP contribution in [0.3, 0.4) is 0 Å². The molecule has 1 aromatic heterocycles. The molecule has 0 N–H and O–H groups in total. The Morgan fingerprint density at radius 3 is 2.38 bits per heavy atom. The number of benzene rings is 3. The van der Waals surface area contributed by atoms with Gasteiger partial charge in [-0.2, -0.15) is 0 Å². The molecule has 3 nitrogen and oxygen atoms in total. The van der Waals surface area contributed by atoms with E-state index in [1.54, 1.807) is 29.9 Å². The Hall–Kier alpha value is -2.89. The van der Waals surface area contributed by atoms with Crippen LogP contribution in [0.5, 0.6) is 0 Å². The van der Waals surface area contributed by atoms with Crippen molar-refractivity contribution in [3.05, 3.63) is 102 Å². The van der Waals surface area contributed by atoms with Crippen LogP contribution in [0.1, 0.15) is 16.7 Å². The fourth-order valence-electron chi connectivity index (χ4n) is 3.15. The molecule has 5 heteroatoms. The fraction of sp³-hybridized carbons (Fsp3) is 0.0417. The van der Waals surface area contributed by atoms with Crippen LogP contribution in [0.25, 0.3) is 0 Å². The van der Waals surface area contributed by atoms with E-state index in [4.69, 9.17) is 4.99 Å². The van der Waals surface area contributed by atoms with Gasteiger partial charge in [0, 0.05) is 20.9 Å². The maximum atomic E-state index is 5.13. The largest absolute Gasteiger partial charge is 0.242 e. The van der Waals surface area contributed by atoms with Crippen LogP contribution < -0.4 is 0 Å². The molecule has 3 aromatic carbocycles. The quantitative estimate of drug-likeness (QED) is 0.315. The van der Waals surface area contributed by atoms with Crippen molar-refractivity contribution in [2.75, 3.05) is 0 Å². The van der Waals surface area contributed by atoms with Crippen LogP contribution in [-0.2, 0) is 0 Å². The van der Waals surface area contributed by atoms with Crippen LogP contribution in [0.2, 0.25) is 0 Å². The van der Waals surface area contributed by atoms with Crippen LogP contribution in [0, 0.1) is 6.92 Å². The van der Waals surface area contributed by atoms with Gasteiger partial charge in [0.05, 0.1) is 5.71 Å². The van der Waals surface area contributed by atoms with E-state index in [9.17, 15) is 0 Å². The molecule has 5 rings (SSSR count). The number of aryl methyl sites for hydroxylation is 1. The molecule has 0 amide bonds. The third kappa shape index (κ3) is 3.71. The number of rotatable bonds is 3. The van der Waals surface area contributed by atoms with Gasteiger partial charge in [-0.25, -0.2) is 15.0 Å². The maximum Gasteiger partial charge on any atom is 0.131 e. The maximum absolute atomic E-state index is 5.13. The van der Waals surface area contributed by atoms with Crippen molar-refractivity contribution >= 4 is 34.9 Å². The van der Waals surface area contributed by atoms with Crippen LogP contribution in [-0.4, -0.2) is 15.7 Å². The van der Waals surface area contributed by atoms with E-state index in [2.05, 4.69) is 77.6 Å². The lowest BCUT2D eigenvalue weighted by Crippen LogP contribution is -2.04. The average molecular weight is 412 g/mol. The zero-order chi connectivity index (χ0) is 19.6. The Kier molecular flexibility index (Phi) is 4.92. The zero-order valence-electron chi connectivity index (χ0n) is 15.7. The lowest BCUT2D eigenvalue weighted by atomic mass is 10.0. The highest BCUT2D eigenvalue weighted by Gasteiger charge is 2.22. The molecule has 1 aliphatic heterocycles. The first-order valence-corrected chi connectivity index (χ1v) is 10.9. The second kappa shape index (κ2) is 7.85. The van der Waals surface area contributed by atoms with Crippen LogP contribution in [0.4, 0.5) is 5.69 Å². The molecule has 0 radical (unpaired) electrons. The van der Waals surface area contributed by atoms with Gasteiger partial charge in [0.25, 0.3) is 0 Å². The fourth-order valence-corrected chi connectivity index (χ4v) is 5.04. The highest BCUT2D eigenvalue weighted by atomic mass is 32.2. The highest BCUT2D eigenvalue weighted by molar-refractivity contribution is 8.00. The van der Waals surface area contributed by atoms with Crippen molar-refractivity contribution in [2.45, 2.75) is 26.8 Å². The van der Waals surface area contributed by atoms with Gasteiger partial charge < -0.3 is 0 Å². The Morgan fingerprint density at radius 2 is 1.55 bits per heavy atom. The summed E-state index contributed by atoms with van der Waals surface area (Å²) in [5, 5.41) is 1.75. The summed E-state index contributed by atoms with van der Waals surface area (Å²) in [6, 6.07) is 27.2. The topological polar surface area (TPSA) is 38.1 Å². The van der Waals surface area contributed by atoms with Gasteiger partial charge in [-0.15, -0.1) is 0 Å². The predicted octanol–water partition coefficient (Wildman–Crippen LogP) is 6.57.